The van der Waals surface area contributed by atoms with Gasteiger partial charge in [0, 0.05) is 33.8 Å². The number of carbonyl (C=O) groups excluding carboxylic acids is 4. The molecule has 0 saturated carbocycles. The van der Waals surface area contributed by atoms with Crippen molar-refractivity contribution in [1.29, 1.82) is 0 Å². The standard InChI is InChI=1S/C21H27NO10/c1-11(23)22-18-20(30-14(4)26)19(29-13(3)25)17(10-28-12(2)24)32-21(18)31-16-8-6-7-15(9-16)27-5/h6-9,17-21H,10H2,1-5H3,(H,22,23)/t17-,18+,19+,20+,21-/m0/s1. The number of benzene rings is 1. The molecule has 1 aromatic carbocycles. The minimum absolute atomic E-state index is 0.310. The minimum Gasteiger partial charge on any atom is -0.497 e. The summed E-state index contributed by atoms with van der Waals surface area (Å²) in [7, 11) is 1.49. The minimum atomic E-state index is -1.19. The largest absolute Gasteiger partial charge is 0.497 e. The molecule has 0 spiro atoms. The van der Waals surface area contributed by atoms with E-state index in [0.717, 1.165) is 0 Å². The molecule has 1 N–H and O–H groups in total. The van der Waals surface area contributed by atoms with Gasteiger partial charge in [-0.05, 0) is 12.1 Å². The van der Waals surface area contributed by atoms with Gasteiger partial charge in [-0.25, -0.2) is 0 Å². The number of amides is 1. The number of methoxy groups -OCH3 is 1. The van der Waals surface area contributed by atoms with Crippen molar-refractivity contribution in [3.8, 4) is 11.5 Å². The van der Waals surface area contributed by atoms with Crippen LogP contribution in [0.3, 0.4) is 0 Å². The van der Waals surface area contributed by atoms with E-state index in [-0.39, 0.29) is 6.61 Å². The van der Waals surface area contributed by atoms with Crippen LogP contribution in [0.4, 0.5) is 0 Å². The maximum absolute atomic E-state index is 11.9. The van der Waals surface area contributed by atoms with E-state index in [0.29, 0.717) is 11.5 Å². The van der Waals surface area contributed by atoms with Crippen molar-refractivity contribution in [1.82, 2.24) is 5.32 Å². The summed E-state index contributed by atoms with van der Waals surface area (Å²) in [6.45, 7) is 4.50. The van der Waals surface area contributed by atoms with Crippen LogP contribution < -0.4 is 14.8 Å². The average Bonchev–Trinajstić information content (AvgIpc) is 2.70. The van der Waals surface area contributed by atoms with Crippen molar-refractivity contribution >= 4 is 23.8 Å². The average molecular weight is 453 g/mol. The number of hydrogen-bond acceptors (Lipinski definition) is 10. The Morgan fingerprint density at radius 2 is 1.56 bits per heavy atom. The summed E-state index contributed by atoms with van der Waals surface area (Å²) >= 11 is 0. The maximum atomic E-state index is 11.9. The molecule has 11 nitrogen and oxygen atoms in total. The molecule has 0 aromatic heterocycles. The van der Waals surface area contributed by atoms with Gasteiger partial charge in [-0.1, -0.05) is 6.07 Å². The molecule has 11 heteroatoms. The lowest BCUT2D eigenvalue weighted by Gasteiger charge is -2.44. The Hall–Kier alpha value is -3.34. The van der Waals surface area contributed by atoms with Crippen molar-refractivity contribution < 1.29 is 47.6 Å². The van der Waals surface area contributed by atoms with Crippen LogP contribution in [0.25, 0.3) is 0 Å². The van der Waals surface area contributed by atoms with Crippen LogP contribution >= 0.6 is 0 Å². The highest BCUT2D eigenvalue weighted by molar-refractivity contribution is 5.73. The van der Waals surface area contributed by atoms with Gasteiger partial charge >= 0.3 is 17.9 Å². The van der Waals surface area contributed by atoms with Crippen molar-refractivity contribution in [2.45, 2.75) is 58.3 Å². The molecule has 176 valence electrons. The molecule has 32 heavy (non-hydrogen) atoms. The topological polar surface area (TPSA) is 136 Å². The number of nitrogens with one attached hydrogen (secondary N) is 1. The first-order chi connectivity index (χ1) is 15.1. The first kappa shape index (κ1) is 24.9. The fourth-order valence-electron chi connectivity index (χ4n) is 3.20. The molecule has 0 bridgehead atoms. The smallest absolute Gasteiger partial charge is 0.303 e. The zero-order chi connectivity index (χ0) is 23.8. The molecule has 1 heterocycles. The molecule has 1 aliphatic heterocycles. The first-order valence-electron chi connectivity index (χ1n) is 9.81. The lowest BCUT2D eigenvalue weighted by Crippen LogP contribution is -2.67. The van der Waals surface area contributed by atoms with Gasteiger partial charge in [-0.15, -0.1) is 0 Å². The van der Waals surface area contributed by atoms with Gasteiger partial charge in [-0.3, -0.25) is 19.2 Å². The second-order valence-corrected chi connectivity index (χ2v) is 7.02. The fourth-order valence-corrected chi connectivity index (χ4v) is 3.20. The quantitative estimate of drug-likeness (QED) is 0.443. The van der Waals surface area contributed by atoms with E-state index < -0.39 is 54.5 Å². The van der Waals surface area contributed by atoms with Crippen molar-refractivity contribution in [3.05, 3.63) is 24.3 Å². The molecule has 0 aliphatic carbocycles. The Labute approximate surface area is 185 Å². The number of ether oxygens (including phenoxy) is 6. The molecular formula is C21H27NO10. The van der Waals surface area contributed by atoms with Gasteiger partial charge in [0.2, 0.25) is 12.2 Å². The van der Waals surface area contributed by atoms with Crippen molar-refractivity contribution in [2.24, 2.45) is 0 Å². The molecule has 1 aliphatic rings. The maximum Gasteiger partial charge on any atom is 0.303 e. The summed E-state index contributed by atoms with van der Waals surface area (Å²) in [5, 5.41) is 2.63. The van der Waals surface area contributed by atoms with Gasteiger partial charge in [0.05, 0.1) is 7.11 Å². The van der Waals surface area contributed by atoms with Crippen LogP contribution in [0.5, 0.6) is 11.5 Å². The second-order valence-electron chi connectivity index (χ2n) is 7.02. The van der Waals surface area contributed by atoms with Crippen LogP contribution in [0.1, 0.15) is 27.7 Å². The molecule has 1 aromatic rings. The van der Waals surface area contributed by atoms with Crippen molar-refractivity contribution in [2.75, 3.05) is 13.7 Å². The summed E-state index contributed by atoms with van der Waals surface area (Å²) < 4.78 is 32.8. The van der Waals surface area contributed by atoms with Gasteiger partial charge in [0.15, 0.2) is 12.2 Å². The van der Waals surface area contributed by atoms with E-state index in [4.69, 9.17) is 28.4 Å². The summed E-state index contributed by atoms with van der Waals surface area (Å²) in [6.07, 6.45) is -4.61. The van der Waals surface area contributed by atoms with E-state index in [9.17, 15) is 19.2 Å². The third-order valence-corrected chi connectivity index (χ3v) is 4.36. The third-order valence-electron chi connectivity index (χ3n) is 4.36. The predicted octanol–water partition coefficient (Wildman–Crippen LogP) is 0.730. The Bertz CT molecular complexity index is 842. The van der Waals surface area contributed by atoms with Crippen molar-refractivity contribution in [3.63, 3.8) is 0 Å². The zero-order valence-corrected chi connectivity index (χ0v) is 18.5. The second kappa shape index (κ2) is 11.3. The lowest BCUT2D eigenvalue weighted by atomic mass is 9.96. The summed E-state index contributed by atoms with van der Waals surface area (Å²) in [4.78, 5) is 46.8. The zero-order valence-electron chi connectivity index (χ0n) is 18.5. The van der Waals surface area contributed by atoms with Gasteiger partial charge in [0.1, 0.15) is 30.3 Å². The third kappa shape index (κ3) is 7.12. The van der Waals surface area contributed by atoms with Crippen LogP contribution in [0.2, 0.25) is 0 Å². The predicted molar refractivity (Wildman–Crippen MR) is 108 cm³/mol. The first-order valence-corrected chi connectivity index (χ1v) is 9.81. The van der Waals surface area contributed by atoms with Gasteiger partial charge in [-0.2, -0.15) is 0 Å². The summed E-state index contributed by atoms with van der Waals surface area (Å²) in [6, 6.07) is 5.57. The molecule has 0 unspecified atom stereocenters. The van der Waals surface area contributed by atoms with Crippen LogP contribution in [0.15, 0.2) is 24.3 Å². The van der Waals surface area contributed by atoms with E-state index in [1.165, 1.54) is 34.8 Å². The van der Waals surface area contributed by atoms with E-state index >= 15 is 0 Å². The molecule has 1 amide bonds. The Balaban J connectivity index is 2.45. The van der Waals surface area contributed by atoms with E-state index in [1.807, 2.05) is 0 Å². The lowest BCUT2D eigenvalue weighted by molar-refractivity contribution is -0.257. The molecule has 5 atom stereocenters. The highest BCUT2D eigenvalue weighted by atomic mass is 16.7. The van der Waals surface area contributed by atoms with Crippen LogP contribution in [-0.2, 0) is 38.1 Å². The Morgan fingerprint density at radius 3 is 2.12 bits per heavy atom. The SMILES string of the molecule is COc1cccc(O[C@H]2O[C@@H](COC(C)=O)[C@@H](OC(C)=O)[C@H](OC(C)=O)[C@H]2NC(C)=O)c1. The highest BCUT2D eigenvalue weighted by Crippen LogP contribution is 2.30. The number of rotatable bonds is 8. The summed E-state index contributed by atoms with van der Waals surface area (Å²) in [5.41, 5.74) is 0. The monoisotopic (exact) mass is 453 g/mol. The Kier molecular flexibility index (Phi) is 8.82. The molecule has 2 rings (SSSR count). The van der Waals surface area contributed by atoms with E-state index in [2.05, 4.69) is 5.32 Å². The molecule has 1 saturated heterocycles. The molecule has 0 radical (unpaired) electrons. The van der Waals surface area contributed by atoms with E-state index in [1.54, 1.807) is 24.3 Å². The normalized spacial score (nSPS) is 24.6. The fraction of sp³-hybridized carbons (Fsp3) is 0.524. The number of hydrogen-bond donors (Lipinski definition) is 1. The van der Waals surface area contributed by atoms with Crippen LogP contribution in [0, 0.1) is 0 Å². The molecular weight excluding hydrogens is 426 g/mol. The van der Waals surface area contributed by atoms with Crippen LogP contribution in [-0.4, -0.2) is 68.2 Å². The highest BCUT2D eigenvalue weighted by Gasteiger charge is 2.51. The van der Waals surface area contributed by atoms with Gasteiger partial charge < -0.3 is 33.7 Å². The van der Waals surface area contributed by atoms with Gasteiger partial charge in [0.25, 0.3) is 0 Å². The summed E-state index contributed by atoms with van der Waals surface area (Å²) in [5.74, 6) is -1.57. The number of esters is 3. The number of carbonyl (C=O) groups is 4. The molecule has 1 fully saturated rings. The Morgan fingerprint density at radius 1 is 0.938 bits per heavy atom.